The van der Waals surface area contributed by atoms with Crippen LogP contribution in [-0.2, 0) is 4.74 Å². The second kappa shape index (κ2) is 7.71. The molecule has 0 spiro atoms. The summed E-state index contributed by atoms with van der Waals surface area (Å²) in [5, 5.41) is 3.22. The average Bonchev–Trinajstić information content (AvgIpc) is 2.36. The van der Waals surface area contributed by atoms with Crippen molar-refractivity contribution in [3.63, 3.8) is 0 Å². The molecule has 0 saturated heterocycles. The zero-order valence-electron chi connectivity index (χ0n) is 12.2. The normalized spacial score (nSPS) is 10.6. The first-order chi connectivity index (χ1) is 9.02. The number of hydrogen-bond acceptors (Lipinski definition) is 5. The summed E-state index contributed by atoms with van der Waals surface area (Å²) < 4.78 is 4.62. The molecule has 0 saturated carbocycles. The number of esters is 1. The molecule has 1 rings (SSSR count). The molecule has 106 valence electrons. The van der Waals surface area contributed by atoms with Crippen molar-refractivity contribution in [3.05, 3.63) is 17.6 Å². The van der Waals surface area contributed by atoms with Crippen molar-refractivity contribution in [1.29, 1.82) is 0 Å². The van der Waals surface area contributed by atoms with E-state index in [4.69, 9.17) is 0 Å². The van der Waals surface area contributed by atoms with Crippen LogP contribution in [0.4, 0.5) is 5.82 Å². The van der Waals surface area contributed by atoms with E-state index in [9.17, 15) is 4.79 Å². The molecule has 0 aliphatic heterocycles. The third kappa shape index (κ3) is 5.68. The van der Waals surface area contributed by atoms with E-state index in [2.05, 4.69) is 33.9 Å². The molecule has 5 heteroatoms. The quantitative estimate of drug-likeness (QED) is 0.606. The molecule has 0 radical (unpaired) electrons. The first kappa shape index (κ1) is 15.4. The second-order valence-electron chi connectivity index (χ2n) is 5.03. The predicted octanol–water partition coefficient (Wildman–Crippen LogP) is 2.81. The Labute approximate surface area is 114 Å². The first-order valence-corrected chi connectivity index (χ1v) is 6.70. The summed E-state index contributed by atoms with van der Waals surface area (Å²) in [6.07, 6.45) is 3.52. The van der Waals surface area contributed by atoms with Crippen molar-refractivity contribution in [2.45, 2.75) is 40.0 Å². The van der Waals surface area contributed by atoms with E-state index >= 15 is 0 Å². The van der Waals surface area contributed by atoms with E-state index in [1.807, 2.05) is 13.0 Å². The fraction of sp³-hybridized carbons (Fsp3) is 0.643. The Morgan fingerprint density at radius 1 is 1.37 bits per heavy atom. The molecule has 1 N–H and O–H groups in total. The van der Waals surface area contributed by atoms with Gasteiger partial charge >= 0.3 is 5.97 Å². The van der Waals surface area contributed by atoms with E-state index in [-0.39, 0.29) is 5.82 Å². The minimum atomic E-state index is -0.508. The lowest BCUT2D eigenvalue weighted by molar-refractivity contribution is 0.0586. The third-order valence-electron chi connectivity index (χ3n) is 2.74. The summed E-state index contributed by atoms with van der Waals surface area (Å²) >= 11 is 0. The average molecular weight is 265 g/mol. The Kier molecular flexibility index (Phi) is 6.25. The van der Waals surface area contributed by atoms with Gasteiger partial charge in [-0.2, -0.15) is 0 Å². The minimum absolute atomic E-state index is 0.104. The molecule has 1 aromatic heterocycles. The number of hydrogen-bond donors (Lipinski definition) is 1. The van der Waals surface area contributed by atoms with Gasteiger partial charge in [-0.25, -0.2) is 14.8 Å². The molecule has 0 bridgehead atoms. The van der Waals surface area contributed by atoms with Crippen LogP contribution in [0.5, 0.6) is 0 Å². The van der Waals surface area contributed by atoms with Crippen LogP contribution in [0.1, 0.15) is 49.4 Å². The first-order valence-electron chi connectivity index (χ1n) is 6.70. The maximum absolute atomic E-state index is 11.4. The molecule has 0 aliphatic carbocycles. The zero-order valence-corrected chi connectivity index (χ0v) is 12.2. The SMILES string of the molecule is COC(=O)c1nc(C)cc(NCCCCC(C)C)n1. The number of carbonyl (C=O) groups excluding carboxylic acids is 1. The second-order valence-corrected chi connectivity index (χ2v) is 5.03. The van der Waals surface area contributed by atoms with E-state index < -0.39 is 5.97 Å². The number of nitrogens with one attached hydrogen (secondary N) is 1. The number of rotatable bonds is 7. The molecule has 1 heterocycles. The monoisotopic (exact) mass is 265 g/mol. The largest absolute Gasteiger partial charge is 0.463 e. The highest BCUT2D eigenvalue weighted by Crippen LogP contribution is 2.09. The van der Waals surface area contributed by atoms with Crippen LogP contribution in [0.2, 0.25) is 0 Å². The van der Waals surface area contributed by atoms with Crippen molar-refractivity contribution >= 4 is 11.8 Å². The van der Waals surface area contributed by atoms with Crippen LogP contribution < -0.4 is 5.32 Å². The molecule has 0 fully saturated rings. The molecule has 0 aliphatic rings. The van der Waals surface area contributed by atoms with Crippen LogP contribution in [0.15, 0.2) is 6.07 Å². The Hall–Kier alpha value is -1.65. The summed E-state index contributed by atoms with van der Waals surface area (Å²) in [7, 11) is 1.33. The summed E-state index contributed by atoms with van der Waals surface area (Å²) in [6.45, 7) is 7.13. The Morgan fingerprint density at radius 2 is 2.11 bits per heavy atom. The van der Waals surface area contributed by atoms with E-state index in [1.165, 1.54) is 20.0 Å². The van der Waals surface area contributed by atoms with E-state index in [0.717, 1.165) is 24.6 Å². The Morgan fingerprint density at radius 3 is 2.74 bits per heavy atom. The lowest BCUT2D eigenvalue weighted by atomic mass is 10.1. The smallest absolute Gasteiger partial charge is 0.376 e. The van der Waals surface area contributed by atoms with Gasteiger partial charge in [-0.1, -0.05) is 26.7 Å². The summed E-state index contributed by atoms with van der Waals surface area (Å²) in [5.41, 5.74) is 0.750. The number of carbonyl (C=O) groups is 1. The van der Waals surface area contributed by atoms with Gasteiger partial charge in [0.15, 0.2) is 0 Å². The number of aromatic nitrogens is 2. The van der Waals surface area contributed by atoms with Crippen molar-refractivity contribution < 1.29 is 9.53 Å². The van der Waals surface area contributed by atoms with Crippen LogP contribution in [0.25, 0.3) is 0 Å². The van der Waals surface area contributed by atoms with Gasteiger partial charge in [0.2, 0.25) is 5.82 Å². The Bertz CT molecular complexity index is 419. The molecule has 0 atom stereocenters. The van der Waals surface area contributed by atoms with Crippen molar-refractivity contribution in [2.75, 3.05) is 19.0 Å². The molecular formula is C14H23N3O2. The van der Waals surface area contributed by atoms with Crippen LogP contribution in [0.3, 0.4) is 0 Å². The van der Waals surface area contributed by atoms with Crippen LogP contribution >= 0.6 is 0 Å². The van der Waals surface area contributed by atoms with Crippen LogP contribution in [-0.4, -0.2) is 29.6 Å². The van der Waals surface area contributed by atoms with E-state index in [1.54, 1.807) is 0 Å². The van der Waals surface area contributed by atoms with Crippen molar-refractivity contribution in [1.82, 2.24) is 9.97 Å². The number of unbranched alkanes of at least 4 members (excludes halogenated alkanes) is 1. The van der Waals surface area contributed by atoms with Crippen molar-refractivity contribution in [2.24, 2.45) is 5.92 Å². The molecule has 5 nitrogen and oxygen atoms in total. The maximum Gasteiger partial charge on any atom is 0.376 e. The molecule has 19 heavy (non-hydrogen) atoms. The standard InChI is InChI=1S/C14H23N3O2/c1-10(2)7-5-6-8-15-12-9-11(3)16-13(17-12)14(18)19-4/h9-10H,5-8H2,1-4H3,(H,15,16,17). The summed E-state index contributed by atoms with van der Waals surface area (Å²) in [4.78, 5) is 19.6. The lowest BCUT2D eigenvalue weighted by Crippen LogP contribution is -2.12. The lowest BCUT2D eigenvalue weighted by Gasteiger charge is -2.08. The Balaban J connectivity index is 2.49. The van der Waals surface area contributed by atoms with Gasteiger partial charge in [-0.05, 0) is 19.3 Å². The fourth-order valence-corrected chi connectivity index (χ4v) is 1.74. The maximum atomic E-state index is 11.4. The van der Waals surface area contributed by atoms with Gasteiger partial charge in [0.05, 0.1) is 7.11 Å². The van der Waals surface area contributed by atoms with Gasteiger partial charge in [0, 0.05) is 18.3 Å². The van der Waals surface area contributed by atoms with Gasteiger partial charge in [0.1, 0.15) is 5.82 Å². The van der Waals surface area contributed by atoms with Gasteiger partial charge in [-0.3, -0.25) is 0 Å². The highest BCUT2D eigenvalue weighted by atomic mass is 16.5. The molecule has 0 amide bonds. The number of anilines is 1. The predicted molar refractivity (Wildman–Crippen MR) is 75.3 cm³/mol. The number of nitrogens with zero attached hydrogens (tertiary/aromatic N) is 2. The highest BCUT2D eigenvalue weighted by molar-refractivity contribution is 5.85. The third-order valence-corrected chi connectivity index (χ3v) is 2.74. The van der Waals surface area contributed by atoms with Crippen molar-refractivity contribution in [3.8, 4) is 0 Å². The van der Waals surface area contributed by atoms with Gasteiger partial charge in [-0.15, -0.1) is 0 Å². The summed E-state index contributed by atoms with van der Waals surface area (Å²) in [6, 6.07) is 1.83. The molecular weight excluding hydrogens is 242 g/mol. The fourth-order valence-electron chi connectivity index (χ4n) is 1.74. The van der Waals surface area contributed by atoms with Crippen LogP contribution in [0, 0.1) is 12.8 Å². The topological polar surface area (TPSA) is 64.1 Å². The molecule has 0 unspecified atom stereocenters. The molecule has 0 aromatic carbocycles. The van der Waals surface area contributed by atoms with Gasteiger partial charge < -0.3 is 10.1 Å². The summed E-state index contributed by atoms with van der Waals surface area (Å²) in [5.74, 6) is 1.02. The number of ether oxygens (including phenoxy) is 1. The molecule has 1 aromatic rings. The van der Waals surface area contributed by atoms with E-state index in [0.29, 0.717) is 5.82 Å². The highest BCUT2D eigenvalue weighted by Gasteiger charge is 2.11. The minimum Gasteiger partial charge on any atom is -0.463 e. The number of aryl methyl sites for hydroxylation is 1. The number of methoxy groups -OCH3 is 1. The zero-order chi connectivity index (χ0) is 14.3. The van der Waals surface area contributed by atoms with Gasteiger partial charge in [0.25, 0.3) is 0 Å².